The fraction of sp³-hybridized carbons (Fsp3) is 0.600. The summed E-state index contributed by atoms with van der Waals surface area (Å²) in [7, 11) is 0. The Balaban J connectivity index is 1.40. The summed E-state index contributed by atoms with van der Waals surface area (Å²) in [5, 5.41) is 5.89. The van der Waals surface area contributed by atoms with Crippen molar-refractivity contribution < 1.29 is 14.0 Å². The van der Waals surface area contributed by atoms with E-state index in [9.17, 15) is 14.0 Å². The van der Waals surface area contributed by atoms with Crippen molar-refractivity contribution in [1.29, 1.82) is 0 Å². The number of halogens is 1. The second-order valence-corrected chi connectivity index (χ2v) is 7.84. The van der Waals surface area contributed by atoms with Crippen LogP contribution < -0.4 is 10.6 Å². The first-order valence-electron chi connectivity index (χ1n) is 9.46. The lowest BCUT2D eigenvalue weighted by Crippen LogP contribution is -2.55. The quantitative estimate of drug-likeness (QED) is 0.816. The second-order valence-electron chi connectivity index (χ2n) is 7.84. The Morgan fingerprint density at radius 2 is 2.00 bits per heavy atom. The van der Waals surface area contributed by atoms with Crippen LogP contribution in [0, 0.1) is 5.92 Å². The number of carbonyl (C=O) groups is 2. The maximum Gasteiger partial charge on any atom is 0.251 e. The maximum atomic E-state index is 14.5. The van der Waals surface area contributed by atoms with Crippen molar-refractivity contribution in [3.8, 4) is 0 Å². The summed E-state index contributed by atoms with van der Waals surface area (Å²) in [6.07, 6.45) is 2.80. The van der Waals surface area contributed by atoms with E-state index in [1.165, 1.54) is 0 Å². The highest BCUT2D eigenvalue weighted by molar-refractivity contribution is 5.94. The van der Waals surface area contributed by atoms with Gasteiger partial charge in [-0.3, -0.25) is 14.5 Å². The van der Waals surface area contributed by atoms with Crippen LogP contribution in [0.1, 0.15) is 43.0 Å². The summed E-state index contributed by atoms with van der Waals surface area (Å²) in [5.74, 6) is -0.394. The number of hydrogen-bond acceptors (Lipinski definition) is 3. The molecule has 1 aliphatic carbocycles. The zero-order chi connectivity index (χ0) is 18.6. The topological polar surface area (TPSA) is 61.4 Å². The monoisotopic (exact) mass is 361 g/mol. The van der Waals surface area contributed by atoms with Crippen LogP contribution in [-0.4, -0.2) is 54.6 Å². The lowest BCUT2D eigenvalue weighted by Gasteiger charge is -2.40. The van der Waals surface area contributed by atoms with Crippen LogP contribution in [0.3, 0.4) is 0 Å². The number of piperidine rings is 1. The van der Waals surface area contributed by atoms with E-state index in [0.717, 1.165) is 19.3 Å². The average Bonchev–Trinajstić information content (AvgIpc) is 2.60. The Kier molecular flexibility index (Phi) is 5.91. The highest BCUT2D eigenvalue weighted by atomic mass is 19.1. The molecule has 142 valence electrons. The zero-order valence-corrected chi connectivity index (χ0v) is 15.3. The highest BCUT2D eigenvalue weighted by Crippen LogP contribution is 2.30. The molecule has 3 rings (SSSR count). The molecule has 0 spiro atoms. The van der Waals surface area contributed by atoms with Gasteiger partial charge in [-0.1, -0.05) is 18.2 Å². The van der Waals surface area contributed by atoms with Gasteiger partial charge < -0.3 is 10.6 Å². The van der Waals surface area contributed by atoms with Crippen LogP contribution in [0.4, 0.5) is 4.39 Å². The summed E-state index contributed by atoms with van der Waals surface area (Å²) in [5.41, 5.74) is 0.521. The van der Waals surface area contributed by atoms with Gasteiger partial charge in [0.1, 0.15) is 6.17 Å². The molecule has 5 nitrogen and oxygen atoms in total. The molecule has 0 bridgehead atoms. The molecule has 2 fully saturated rings. The summed E-state index contributed by atoms with van der Waals surface area (Å²) < 4.78 is 14.5. The number of nitrogens with one attached hydrogen (secondary N) is 2. The Labute approximate surface area is 154 Å². The molecule has 2 N–H and O–H groups in total. The van der Waals surface area contributed by atoms with Gasteiger partial charge in [0, 0.05) is 30.1 Å². The van der Waals surface area contributed by atoms with Crippen molar-refractivity contribution in [3.05, 3.63) is 35.9 Å². The van der Waals surface area contributed by atoms with E-state index in [2.05, 4.69) is 17.6 Å². The fourth-order valence-corrected chi connectivity index (χ4v) is 3.72. The summed E-state index contributed by atoms with van der Waals surface area (Å²) in [6, 6.07) is 8.95. The van der Waals surface area contributed by atoms with E-state index in [4.69, 9.17) is 0 Å². The van der Waals surface area contributed by atoms with Crippen LogP contribution in [-0.2, 0) is 4.79 Å². The van der Waals surface area contributed by atoms with Gasteiger partial charge >= 0.3 is 0 Å². The van der Waals surface area contributed by atoms with Crippen LogP contribution in [0.25, 0.3) is 0 Å². The van der Waals surface area contributed by atoms with E-state index >= 15 is 0 Å². The molecule has 1 aromatic rings. The Hall–Kier alpha value is -1.95. The summed E-state index contributed by atoms with van der Waals surface area (Å²) in [6.45, 7) is 3.56. The first-order valence-corrected chi connectivity index (χ1v) is 9.46. The van der Waals surface area contributed by atoms with Gasteiger partial charge in [0.05, 0.1) is 6.54 Å². The molecular formula is C20H28FN3O2. The first kappa shape index (κ1) is 18.8. The van der Waals surface area contributed by atoms with Crippen molar-refractivity contribution in [2.24, 2.45) is 5.92 Å². The third kappa shape index (κ3) is 4.81. The molecule has 1 saturated carbocycles. The lowest BCUT2D eigenvalue weighted by molar-refractivity contribution is -0.125. The van der Waals surface area contributed by atoms with Gasteiger partial charge in [-0.25, -0.2) is 4.39 Å². The van der Waals surface area contributed by atoms with Crippen molar-refractivity contribution in [2.75, 3.05) is 26.2 Å². The van der Waals surface area contributed by atoms with Crippen LogP contribution in [0.15, 0.2) is 30.3 Å². The predicted molar refractivity (Wildman–Crippen MR) is 98.6 cm³/mol. The molecule has 6 heteroatoms. The molecule has 1 heterocycles. The number of benzene rings is 1. The summed E-state index contributed by atoms with van der Waals surface area (Å²) in [4.78, 5) is 26.1. The van der Waals surface area contributed by atoms with Crippen molar-refractivity contribution in [3.63, 3.8) is 0 Å². The minimum Gasteiger partial charge on any atom is -0.352 e. The molecule has 26 heavy (non-hydrogen) atoms. The van der Waals surface area contributed by atoms with E-state index in [1.807, 2.05) is 11.0 Å². The Morgan fingerprint density at radius 3 is 2.62 bits per heavy atom. The molecule has 1 aliphatic heterocycles. The van der Waals surface area contributed by atoms with E-state index in [1.54, 1.807) is 24.3 Å². The fourth-order valence-electron chi connectivity index (χ4n) is 3.72. The highest BCUT2D eigenvalue weighted by Gasteiger charge is 2.35. The zero-order valence-electron chi connectivity index (χ0n) is 15.3. The molecular weight excluding hydrogens is 333 g/mol. The van der Waals surface area contributed by atoms with E-state index in [-0.39, 0.29) is 36.4 Å². The molecule has 1 saturated heterocycles. The number of alkyl halides is 1. The molecule has 2 aliphatic rings. The average molecular weight is 361 g/mol. The normalized spacial score (nSPS) is 25.2. The van der Waals surface area contributed by atoms with E-state index in [0.29, 0.717) is 25.1 Å². The third-order valence-corrected chi connectivity index (χ3v) is 5.59. The molecule has 2 atom stereocenters. The predicted octanol–water partition coefficient (Wildman–Crippen LogP) is 2.14. The van der Waals surface area contributed by atoms with Crippen LogP contribution in [0.2, 0.25) is 0 Å². The minimum absolute atomic E-state index is 0.0183. The third-order valence-electron chi connectivity index (χ3n) is 5.59. The van der Waals surface area contributed by atoms with Gasteiger partial charge in [-0.2, -0.15) is 0 Å². The summed E-state index contributed by atoms with van der Waals surface area (Å²) >= 11 is 0. The number of hydrogen-bond donors (Lipinski definition) is 2. The first-order chi connectivity index (χ1) is 12.5. The van der Waals surface area contributed by atoms with Crippen molar-refractivity contribution in [2.45, 2.75) is 44.3 Å². The van der Waals surface area contributed by atoms with Gasteiger partial charge in [0.25, 0.3) is 5.91 Å². The second kappa shape index (κ2) is 8.16. The SMILES string of the molecule is CC1(NC(=O)CN2CCC(CNC(=O)c3ccccc3)C(F)C2)CCC1. The van der Waals surface area contributed by atoms with Gasteiger partial charge in [0.15, 0.2) is 0 Å². The molecule has 1 aromatic carbocycles. The molecule has 0 radical (unpaired) electrons. The number of amides is 2. The standard InChI is InChI=1S/C20H28FN3O2/c1-20(9-5-10-20)23-18(25)14-24-11-8-16(17(21)13-24)12-22-19(26)15-6-3-2-4-7-15/h2-4,6-7,16-17H,5,8-14H2,1H3,(H,22,26)(H,23,25). The van der Waals surface area contributed by atoms with Crippen LogP contribution >= 0.6 is 0 Å². The Bertz CT molecular complexity index is 633. The lowest BCUT2D eigenvalue weighted by atomic mass is 9.78. The minimum atomic E-state index is -1.04. The molecule has 0 aromatic heterocycles. The van der Waals surface area contributed by atoms with Crippen LogP contribution in [0.5, 0.6) is 0 Å². The number of nitrogens with zero attached hydrogens (tertiary/aromatic N) is 1. The van der Waals surface area contributed by atoms with Gasteiger partial charge in [-0.05, 0) is 51.3 Å². The number of likely N-dealkylation sites (tertiary alicyclic amines) is 1. The van der Waals surface area contributed by atoms with Crippen molar-refractivity contribution in [1.82, 2.24) is 15.5 Å². The number of carbonyl (C=O) groups excluding carboxylic acids is 2. The largest absolute Gasteiger partial charge is 0.352 e. The number of rotatable bonds is 6. The molecule has 2 unspecified atom stereocenters. The maximum absolute atomic E-state index is 14.5. The van der Waals surface area contributed by atoms with Gasteiger partial charge in [0.2, 0.25) is 5.91 Å². The Morgan fingerprint density at radius 1 is 1.27 bits per heavy atom. The van der Waals surface area contributed by atoms with Crippen molar-refractivity contribution >= 4 is 11.8 Å². The van der Waals surface area contributed by atoms with E-state index < -0.39 is 6.17 Å². The smallest absolute Gasteiger partial charge is 0.251 e. The van der Waals surface area contributed by atoms with Gasteiger partial charge in [-0.15, -0.1) is 0 Å². The molecule has 2 amide bonds.